The molecule has 2 aliphatic heterocycles. The number of hydrogen-bond acceptors (Lipinski definition) is 12. The molecule has 0 amide bonds. The van der Waals surface area contributed by atoms with E-state index in [2.05, 4.69) is 90.7 Å². The van der Waals surface area contributed by atoms with Gasteiger partial charge in [0.2, 0.25) is 0 Å². The predicted molar refractivity (Wildman–Crippen MR) is 285 cm³/mol. The first-order valence-corrected chi connectivity index (χ1v) is 29.8. The number of carbonyl (C=O) groups is 1. The Labute approximate surface area is 433 Å². The summed E-state index contributed by atoms with van der Waals surface area (Å²) in [4.78, 5) is 18.1. The third kappa shape index (κ3) is 13.5. The third-order valence-corrected chi connectivity index (χ3v) is 24.2. The first-order chi connectivity index (χ1) is 35.3. The molecule has 73 heavy (non-hydrogen) atoms. The molecule has 3 heterocycles. The molecule has 8 rings (SSSR count). The van der Waals surface area contributed by atoms with Crippen molar-refractivity contribution in [2.75, 3.05) is 19.8 Å². The van der Waals surface area contributed by atoms with Crippen LogP contribution in [0.4, 0.5) is 4.79 Å². The van der Waals surface area contributed by atoms with Crippen molar-refractivity contribution < 1.29 is 50.9 Å². The van der Waals surface area contributed by atoms with Gasteiger partial charge in [-0.2, -0.15) is 0 Å². The van der Waals surface area contributed by atoms with Crippen molar-refractivity contribution in [1.29, 1.82) is 0 Å². The average molecular weight is 1030 g/mol. The highest BCUT2D eigenvalue weighted by Gasteiger charge is 2.62. The van der Waals surface area contributed by atoms with Gasteiger partial charge in [-0.15, -0.1) is 0 Å². The standard InChI is InChI=1S/C58H74N2O11Si2/c1-41(2)72(42(3)4)67-39-53-55(70-73(71-72,43(5)6)44(7)8)56(69-58(61)60-31-30-59-40-60)57(68-53)66-38-52(64-35-46-22-14-10-15-23-46)54(65-36-47-24-16-11-17-25-47)51(63-34-45-20-12-9-13-21-45)37-62-33-48-28-29-49-26-18-19-27-50(49)32-48/h9-32,40-44,51-57H,33-39H2,1-8H3/t51?,52?,53-,54?,55?,56+,57-/m1/s1. The maximum Gasteiger partial charge on any atom is 0.419 e. The van der Waals surface area contributed by atoms with Crippen LogP contribution in [-0.4, -0.2) is 95.5 Å². The number of carbonyl (C=O) groups excluding carboxylic acids is 1. The largest absolute Gasteiger partial charge is 0.437 e. The van der Waals surface area contributed by atoms with E-state index >= 15 is 0 Å². The lowest BCUT2D eigenvalue weighted by atomic mass is 10.1. The van der Waals surface area contributed by atoms with Crippen LogP contribution in [0, 0.1) is 0 Å². The summed E-state index contributed by atoms with van der Waals surface area (Å²) >= 11 is 0. The highest BCUT2D eigenvalue weighted by atomic mass is 28.5. The molecule has 0 N–H and O–H groups in total. The Morgan fingerprint density at radius 1 is 0.630 bits per heavy atom. The highest BCUT2D eigenvalue weighted by molar-refractivity contribution is 6.84. The van der Waals surface area contributed by atoms with E-state index < -0.39 is 66.1 Å². The molecule has 5 aromatic carbocycles. The van der Waals surface area contributed by atoms with Gasteiger partial charge in [0.1, 0.15) is 36.8 Å². The smallest absolute Gasteiger partial charge is 0.419 e. The molecule has 2 saturated heterocycles. The Hall–Kier alpha value is -4.89. The van der Waals surface area contributed by atoms with Crippen molar-refractivity contribution in [2.24, 2.45) is 0 Å². The van der Waals surface area contributed by atoms with Crippen LogP contribution in [0.3, 0.4) is 0 Å². The van der Waals surface area contributed by atoms with Crippen molar-refractivity contribution in [1.82, 2.24) is 9.55 Å². The normalized spacial score (nSPS) is 21.0. The monoisotopic (exact) mass is 1030 g/mol. The lowest BCUT2D eigenvalue weighted by molar-refractivity contribution is -0.217. The second-order valence-electron chi connectivity index (χ2n) is 20.4. The van der Waals surface area contributed by atoms with Crippen molar-refractivity contribution in [2.45, 2.75) is 147 Å². The zero-order chi connectivity index (χ0) is 51.4. The van der Waals surface area contributed by atoms with Crippen LogP contribution in [0.5, 0.6) is 0 Å². The summed E-state index contributed by atoms with van der Waals surface area (Å²) in [5, 5.41) is 2.30. The van der Waals surface area contributed by atoms with Gasteiger partial charge < -0.3 is 46.1 Å². The first kappa shape index (κ1) is 54.4. The molecule has 13 nitrogen and oxygen atoms in total. The molecule has 4 unspecified atom stereocenters. The Morgan fingerprint density at radius 2 is 1.18 bits per heavy atom. The van der Waals surface area contributed by atoms with E-state index in [-0.39, 0.29) is 61.8 Å². The van der Waals surface area contributed by atoms with Crippen LogP contribution in [0.15, 0.2) is 152 Å². The lowest BCUT2D eigenvalue weighted by Crippen LogP contribution is -2.66. The second-order valence-corrected chi connectivity index (χ2v) is 29.2. The number of hydrogen-bond donors (Lipinski definition) is 0. The van der Waals surface area contributed by atoms with E-state index in [0.29, 0.717) is 6.61 Å². The fourth-order valence-electron chi connectivity index (χ4n) is 9.97. The molecule has 0 aliphatic carbocycles. The summed E-state index contributed by atoms with van der Waals surface area (Å²) in [6.07, 6.45) is -1.99. The van der Waals surface area contributed by atoms with E-state index in [0.717, 1.165) is 33.0 Å². The quantitative estimate of drug-likeness (QED) is 0.0567. The van der Waals surface area contributed by atoms with Gasteiger partial charge >= 0.3 is 23.2 Å². The topological polar surface area (TPSA) is 127 Å². The maximum atomic E-state index is 14.0. The molecule has 6 aromatic rings. The third-order valence-electron chi connectivity index (χ3n) is 14.0. The minimum atomic E-state index is -3.20. The summed E-state index contributed by atoms with van der Waals surface area (Å²) < 4.78 is 71.2. The van der Waals surface area contributed by atoms with Crippen molar-refractivity contribution >= 4 is 34.0 Å². The predicted octanol–water partition coefficient (Wildman–Crippen LogP) is 12.1. The number of fused-ring (bicyclic) bond motifs is 2. The average Bonchev–Trinajstić information content (AvgIpc) is 4.05. The molecule has 0 radical (unpaired) electrons. The van der Waals surface area contributed by atoms with E-state index in [9.17, 15) is 4.79 Å². The minimum Gasteiger partial charge on any atom is -0.437 e. The van der Waals surface area contributed by atoms with Crippen LogP contribution in [-0.2, 0) is 72.6 Å². The molecule has 0 saturated carbocycles. The van der Waals surface area contributed by atoms with Crippen molar-refractivity contribution in [3.63, 3.8) is 0 Å². The van der Waals surface area contributed by atoms with Crippen LogP contribution in [0.1, 0.15) is 77.6 Å². The Kier molecular flexibility index (Phi) is 19.0. The molecular weight excluding hydrogens is 957 g/mol. The van der Waals surface area contributed by atoms with E-state index in [4.69, 9.17) is 46.1 Å². The Balaban J connectivity index is 1.15. The molecular formula is C58H74N2O11Si2. The van der Waals surface area contributed by atoms with Crippen LogP contribution in [0.2, 0.25) is 22.2 Å². The number of rotatable bonds is 23. The number of nitrogens with zero attached hydrogens (tertiary/aromatic N) is 2. The van der Waals surface area contributed by atoms with Crippen LogP contribution in [0.25, 0.3) is 10.8 Å². The van der Waals surface area contributed by atoms with E-state index in [1.54, 1.807) is 6.20 Å². The van der Waals surface area contributed by atoms with E-state index in [1.165, 1.54) is 17.1 Å². The van der Waals surface area contributed by atoms with Gasteiger partial charge in [0.05, 0.1) is 46.2 Å². The second kappa shape index (κ2) is 25.6. The Morgan fingerprint density at radius 3 is 1.74 bits per heavy atom. The SMILES string of the molecule is CC(C)[Si]1(C(C)C)OC[C@H]2O[C@@H](OCC(OCc3ccccc3)C(OCc3ccccc3)C(COCc3ccc4ccccc4c3)OCc3ccccc3)[C@@H](OC(=O)n3ccnc3)C2O[Si](C(C)C)(C(C)C)O1. The molecule has 2 fully saturated rings. The molecule has 2 aliphatic rings. The van der Waals surface area contributed by atoms with Gasteiger partial charge in [-0.05, 0) is 61.3 Å². The molecule has 390 valence electrons. The molecule has 0 bridgehead atoms. The summed E-state index contributed by atoms with van der Waals surface area (Å²) in [5.41, 5.74) is 4.22. The molecule has 1 aromatic heterocycles. The molecule has 0 spiro atoms. The zero-order valence-electron chi connectivity index (χ0n) is 43.6. The highest BCUT2D eigenvalue weighted by Crippen LogP contribution is 2.48. The van der Waals surface area contributed by atoms with Crippen molar-refractivity contribution in [3.8, 4) is 0 Å². The van der Waals surface area contributed by atoms with E-state index in [1.807, 2.05) is 103 Å². The van der Waals surface area contributed by atoms with Gasteiger partial charge in [0, 0.05) is 12.4 Å². The van der Waals surface area contributed by atoms with Crippen LogP contribution < -0.4 is 0 Å². The number of ether oxygens (including phenoxy) is 7. The number of aromatic nitrogens is 2. The Bertz CT molecular complexity index is 2570. The minimum absolute atomic E-state index is 0.0127. The maximum absolute atomic E-state index is 14.0. The fourth-order valence-corrected chi connectivity index (χ4v) is 21.2. The summed E-state index contributed by atoms with van der Waals surface area (Å²) in [6.45, 7) is 18.7. The number of imidazole rings is 1. The van der Waals surface area contributed by atoms with Gasteiger partial charge in [-0.3, -0.25) is 0 Å². The van der Waals surface area contributed by atoms with Crippen molar-refractivity contribution in [3.05, 3.63) is 174 Å². The number of benzene rings is 5. The molecule has 15 heteroatoms. The summed E-state index contributed by atoms with van der Waals surface area (Å²) in [6, 6.07) is 44.7. The first-order valence-electron chi connectivity index (χ1n) is 25.8. The lowest BCUT2D eigenvalue weighted by Gasteiger charge is -2.51. The molecule has 7 atom stereocenters. The van der Waals surface area contributed by atoms with Gasteiger partial charge in [-0.1, -0.05) is 183 Å². The fraction of sp³-hybridized carbons (Fsp3) is 0.448. The van der Waals surface area contributed by atoms with Gasteiger partial charge in [0.25, 0.3) is 0 Å². The van der Waals surface area contributed by atoms with Gasteiger partial charge in [0.15, 0.2) is 12.4 Å². The van der Waals surface area contributed by atoms with Crippen LogP contribution >= 0.6 is 0 Å². The van der Waals surface area contributed by atoms with Gasteiger partial charge in [-0.25, -0.2) is 14.3 Å². The summed E-state index contributed by atoms with van der Waals surface area (Å²) in [7, 11) is -6.15. The summed E-state index contributed by atoms with van der Waals surface area (Å²) in [5.74, 6) is 0. The zero-order valence-corrected chi connectivity index (χ0v) is 45.6.